The summed E-state index contributed by atoms with van der Waals surface area (Å²) >= 11 is 5.88. The number of rotatable bonds is 2. The summed E-state index contributed by atoms with van der Waals surface area (Å²) < 4.78 is 0. The van der Waals surface area contributed by atoms with Crippen molar-refractivity contribution < 1.29 is 0 Å². The molecule has 90 valence electrons. The molecule has 4 nitrogen and oxygen atoms in total. The zero-order chi connectivity index (χ0) is 12.3. The van der Waals surface area contributed by atoms with E-state index in [1.165, 1.54) is 0 Å². The number of anilines is 1. The molecular formula is C12H15ClN4. The second-order valence-corrected chi connectivity index (χ2v) is 4.78. The Bertz CT molecular complexity index is 420. The predicted octanol–water partition coefficient (Wildman–Crippen LogP) is 2.93. The lowest BCUT2D eigenvalue weighted by Crippen LogP contribution is -2.31. The Morgan fingerprint density at radius 2 is 2.18 bits per heavy atom. The molecule has 0 radical (unpaired) electrons. The Kier molecular flexibility index (Phi) is 3.80. The Hall–Kier alpha value is -1.34. The van der Waals surface area contributed by atoms with Crippen molar-refractivity contribution in [1.29, 1.82) is 5.26 Å². The maximum atomic E-state index is 9.10. The summed E-state index contributed by atoms with van der Waals surface area (Å²) in [5.74, 6) is 1.43. The van der Waals surface area contributed by atoms with Gasteiger partial charge in [-0.25, -0.2) is 9.97 Å². The fourth-order valence-electron chi connectivity index (χ4n) is 2.25. The van der Waals surface area contributed by atoms with E-state index in [0.29, 0.717) is 11.0 Å². The van der Waals surface area contributed by atoms with Crippen LogP contribution in [-0.4, -0.2) is 16.0 Å². The molecule has 1 N–H and O–H groups in total. The molecule has 1 aromatic heterocycles. The second kappa shape index (κ2) is 5.33. The molecule has 1 aliphatic rings. The molecule has 1 aromatic rings. The van der Waals surface area contributed by atoms with Gasteiger partial charge in [0.25, 0.3) is 0 Å². The molecular weight excluding hydrogens is 236 g/mol. The average Bonchev–Trinajstić information content (AvgIpc) is 2.28. The van der Waals surface area contributed by atoms with Gasteiger partial charge in [0.05, 0.1) is 12.0 Å². The first kappa shape index (κ1) is 12.1. The monoisotopic (exact) mass is 250 g/mol. The number of nitriles is 1. The van der Waals surface area contributed by atoms with Gasteiger partial charge >= 0.3 is 0 Å². The molecule has 1 aliphatic carbocycles. The molecule has 0 spiro atoms. The molecule has 2 atom stereocenters. The highest BCUT2D eigenvalue weighted by Crippen LogP contribution is 2.26. The molecule has 0 aliphatic heterocycles. The molecule has 5 heteroatoms. The summed E-state index contributed by atoms with van der Waals surface area (Å²) in [4.78, 5) is 8.30. The number of aryl methyl sites for hydroxylation is 1. The van der Waals surface area contributed by atoms with Crippen molar-refractivity contribution in [3.05, 3.63) is 17.0 Å². The minimum atomic E-state index is 0.0674. The van der Waals surface area contributed by atoms with Crippen molar-refractivity contribution in [2.75, 3.05) is 5.32 Å². The molecule has 0 saturated heterocycles. The van der Waals surface area contributed by atoms with Crippen LogP contribution in [0.1, 0.15) is 31.5 Å². The molecule has 0 aromatic carbocycles. The molecule has 2 rings (SSSR count). The summed E-state index contributed by atoms with van der Waals surface area (Å²) in [5, 5.41) is 12.8. The fourth-order valence-corrected chi connectivity index (χ4v) is 2.48. The summed E-state index contributed by atoms with van der Waals surface area (Å²) in [5.41, 5.74) is 0. The molecule has 1 fully saturated rings. The fraction of sp³-hybridized carbons (Fsp3) is 0.583. The van der Waals surface area contributed by atoms with E-state index < -0.39 is 0 Å². The average molecular weight is 251 g/mol. The molecule has 0 bridgehead atoms. The third kappa shape index (κ3) is 3.07. The van der Waals surface area contributed by atoms with Gasteiger partial charge in [-0.3, -0.25) is 0 Å². The van der Waals surface area contributed by atoms with E-state index in [1.54, 1.807) is 13.0 Å². The van der Waals surface area contributed by atoms with E-state index in [0.717, 1.165) is 31.5 Å². The van der Waals surface area contributed by atoms with Crippen LogP contribution in [0.25, 0.3) is 0 Å². The SMILES string of the molecule is Cc1nc(Cl)cc(NC2CCCCC2C#N)n1. The molecule has 1 saturated carbocycles. The topological polar surface area (TPSA) is 61.6 Å². The van der Waals surface area contributed by atoms with Crippen LogP contribution in [0, 0.1) is 24.2 Å². The van der Waals surface area contributed by atoms with Crippen molar-refractivity contribution in [2.24, 2.45) is 5.92 Å². The van der Waals surface area contributed by atoms with Gasteiger partial charge in [0, 0.05) is 12.1 Å². The van der Waals surface area contributed by atoms with Gasteiger partial charge in [-0.2, -0.15) is 5.26 Å². The first-order chi connectivity index (χ1) is 8.19. The van der Waals surface area contributed by atoms with Crippen molar-refractivity contribution in [1.82, 2.24) is 9.97 Å². The van der Waals surface area contributed by atoms with Crippen LogP contribution in [0.4, 0.5) is 5.82 Å². The Morgan fingerprint density at radius 3 is 2.88 bits per heavy atom. The van der Waals surface area contributed by atoms with E-state index in [-0.39, 0.29) is 12.0 Å². The highest BCUT2D eigenvalue weighted by molar-refractivity contribution is 6.29. The third-order valence-corrected chi connectivity index (χ3v) is 3.27. The van der Waals surface area contributed by atoms with Gasteiger partial charge in [-0.1, -0.05) is 24.4 Å². The van der Waals surface area contributed by atoms with Gasteiger partial charge in [0.2, 0.25) is 0 Å². The van der Waals surface area contributed by atoms with Gasteiger partial charge in [0.1, 0.15) is 16.8 Å². The zero-order valence-corrected chi connectivity index (χ0v) is 10.5. The quantitative estimate of drug-likeness (QED) is 0.820. The Balaban J connectivity index is 2.11. The summed E-state index contributed by atoms with van der Waals surface area (Å²) in [6.07, 6.45) is 4.28. The Morgan fingerprint density at radius 1 is 1.41 bits per heavy atom. The highest BCUT2D eigenvalue weighted by Gasteiger charge is 2.25. The lowest BCUT2D eigenvalue weighted by atomic mass is 9.85. The van der Waals surface area contributed by atoms with Crippen LogP contribution >= 0.6 is 11.6 Å². The van der Waals surface area contributed by atoms with Crippen LogP contribution in [0.5, 0.6) is 0 Å². The largest absolute Gasteiger partial charge is 0.366 e. The standard InChI is InChI=1S/C12H15ClN4/c1-8-15-11(13)6-12(16-8)17-10-5-3-2-4-9(10)7-14/h6,9-10H,2-5H2,1H3,(H,15,16,17). The smallest absolute Gasteiger partial charge is 0.134 e. The van der Waals surface area contributed by atoms with E-state index in [1.807, 2.05) is 0 Å². The minimum Gasteiger partial charge on any atom is -0.366 e. The summed E-state index contributed by atoms with van der Waals surface area (Å²) in [6, 6.07) is 4.25. The second-order valence-electron chi connectivity index (χ2n) is 4.39. The number of hydrogen-bond acceptors (Lipinski definition) is 4. The van der Waals surface area contributed by atoms with Crippen LogP contribution < -0.4 is 5.32 Å². The zero-order valence-electron chi connectivity index (χ0n) is 9.78. The van der Waals surface area contributed by atoms with Gasteiger partial charge in [-0.05, 0) is 19.8 Å². The molecule has 0 amide bonds. The summed E-state index contributed by atoms with van der Waals surface area (Å²) in [6.45, 7) is 1.81. The molecule has 1 heterocycles. The van der Waals surface area contributed by atoms with E-state index in [2.05, 4.69) is 21.4 Å². The molecule has 17 heavy (non-hydrogen) atoms. The lowest BCUT2D eigenvalue weighted by molar-refractivity contribution is 0.388. The van der Waals surface area contributed by atoms with E-state index in [4.69, 9.17) is 16.9 Å². The van der Waals surface area contributed by atoms with Crippen LogP contribution in [0.3, 0.4) is 0 Å². The van der Waals surface area contributed by atoms with Gasteiger partial charge in [-0.15, -0.1) is 0 Å². The van der Waals surface area contributed by atoms with Crippen LogP contribution in [0.15, 0.2) is 6.07 Å². The summed E-state index contributed by atoms with van der Waals surface area (Å²) in [7, 11) is 0. The normalized spacial score (nSPS) is 24.1. The van der Waals surface area contributed by atoms with Crippen LogP contribution in [0.2, 0.25) is 5.15 Å². The number of nitrogens with zero attached hydrogens (tertiary/aromatic N) is 3. The number of halogens is 1. The van der Waals surface area contributed by atoms with Crippen molar-refractivity contribution in [3.63, 3.8) is 0 Å². The predicted molar refractivity (Wildman–Crippen MR) is 66.8 cm³/mol. The van der Waals surface area contributed by atoms with Gasteiger partial charge in [0.15, 0.2) is 0 Å². The number of nitrogens with one attached hydrogen (secondary N) is 1. The maximum Gasteiger partial charge on any atom is 0.134 e. The number of hydrogen-bond donors (Lipinski definition) is 1. The van der Waals surface area contributed by atoms with E-state index >= 15 is 0 Å². The third-order valence-electron chi connectivity index (χ3n) is 3.07. The van der Waals surface area contributed by atoms with Crippen LogP contribution in [-0.2, 0) is 0 Å². The maximum absolute atomic E-state index is 9.10. The van der Waals surface area contributed by atoms with Gasteiger partial charge < -0.3 is 5.32 Å². The minimum absolute atomic E-state index is 0.0674. The van der Waals surface area contributed by atoms with Crippen molar-refractivity contribution in [2.45, 2.75) is 38.6 Å². The number of aromatic nitrogens is 2. The van der Waals surface area contributed by atoms with E-state index in [9.17, 15) is 0 Å². The Labute approximate surface area is 106 Å². The van der Waals surface area contributed by atoms with Crippen molar-refractivity contribution >= 4 is 17.4 Å². The first-order valence-electron chi connectivity index (χ1n) is 5.86. The first-order valence-corrected chi connectivity index (χ1v) is 6.24. The van der Waals surface area contributed by atoms with Crippen molar-refractivity contribution in [3.8, 4) is 6.07 Å². The molecule has 2 unspecified atom stereocenters. The highest BCUT2D eigenvalue weighted by atomic mass is 35.5. The lowest BCUT2D eigenvalue weighted by Gasteiger charge is -2.28.